The summed E-state index contributed by atoms with van der Waals surface area (Å²) >= 11 is 0. The van der Waals surface area contributed by atoms with Crippen molar-refractivity contribution in [1.82, 2.24) is 5.32 Å². The average Bonchev–Trinajstić information content (AvgIpc) is 2.33. The van der Waals surface area contributed by atoms with Gasteiger partial charge in [-0.15, -0.1) is 0 Å². The van der Waals surface area contributed by atoms with E-state index in [1.165, 1.54) is 0 Å². The third kappa shape index (κ3) is 2.75. The summed E-state index contributed by atoms with van der Waals surface area (Å²) in [6.07, 6.45) is 0.884. The van der Waals surface area contributed by atoms with Crippen molar-refractivity contribution in [3.05, 3.63) is 24.3 Å². The predicted octanol–water partition coefficient (Wildman–Crippen LogP) is 0.912. The lowest BCUT2D eigenvalue weighted by Crippen LogP contribution is -2.47. The Kier molecular flexibility index (Phi) is 3.27. The van der Waals surface area contributed by atoms with E-state index in [1.807, 2.05) is 24.3 Å². The monoisotopic (exact) mass is 234 g/mol. The van der Waals surface area contributed by atoms with Gasteiger partial charge in [0, 0.05) is 18.2 Å². The first kappa shape index (κ1) is 11.4. The minimum Gasteiger partial charge on any atom is -0.497 e. The number of hydrogen-bond donors (Lipinski definition) is 2. The molecule has 5 heteroatoms. The molecule has 0 aliphatic carbocycles. The van der Waals surface area contributed by atoms with E-state index in [4.69, 9.17) is 4.74 Å². The molecule has 2 N–H and O–H groups in total. The minimum absolute atomic E-state index is 0.210. The molecular formula is C12H14N2O3. The first-order valence-corrected chi connectivity index (χ1v) is 5.43. The Labute approximate surface area is 99.2 Å². The van der Waals surface area contributed by atoms with Crippen LogP contribution in [0.3, 0.4) is 0 Å². The molecule has 1 heterocycles. The van der Waals surface area contributed by atoms with E-state index in [1.54, 1.807) is 7.11 Å². The molecule has 1 aliphatic heterocycles. The highest BCUT2D eigenvalue weighted by Gasteiger charge is 2.26. The molecule has 0 aromatic heterocycles. The van der Waals surface area contributed by atoms with Gasteiger partial charge in [-0.25, -0.2) is 0 Å². The lowest BCUT2D eigenvalue weighted by molar-refractivity contribution is -0.133. The van der Waals surface area contributed by atoms with Crippen molar-refractivity contribution in [2.75, 3.05) is 12.4 Å². The molecule has 0 spiro atoms. The highest BCUT2D eigenvalue weighted by Crippen LogP contribution is 2.19. The van der Waals surface area contributed by atoms with Crippen LogP contribution in [0.15, 0.2) is 24.3 Å². The van der Waals surface area contributed by atoms with Gasteiger partial charge in [-0.2, -0.15) is 0 Å². The molecule has 17 heavy (non-hydrogen) atoms. The van der Waals surface area contributed by atoms with Gasteiger partial charge in [0.2, 0.25) is 11.8 Å². The van der Waals surface area contributed by atoms with Crippen LogP contribution in [0.25, 0.3) is 0 Å². The van der Waals surface area contributed by atoms with Gasteiger partial charge in [0.15, 0.2) is 0 Å². The quantitative estimate of drug-likeness (QED) is 0.763. The predicted molar refractivity (Wildman–Crippen MR) is 62.8 cm³/mol. The first-order chi connectivity index (χ1) is 8.19. The van der Waals surface area contributed by atoms with E-state index in [9.17, 15) is 9.59 Å². The van der Waals surface area contributed by atoms with Gasteiger partial charge in [-0.3, -0.25) is 14.9 Å². The number of benzene rings is 1. The molecule has 1 saturated heterocycles. The molecule has 1 aromatic rings. The van der Waals surface area contributed by atoms with E-state index in [0.29, 0.717) is 12.8 Å². The molecule has 5 nitrogen and oxygen atoms in total. The van der Waals surface area contributed by atoms with Crippen LogP contribution < -0.4 is 15.4 Å². The zero-order valence-corrected chi connectivity index (χ0v) is 9.53. The summed E-state index contributed by atoms with van der Waals surface area (Å²) in [6, 6.07) is 6.97. The molecule has 1 fully saturated rings. The van der Waals surface area contributed by atoms with Crippen molar-refractivity contribution in [3.63, 3.8) is 0 Å². The SMILES string of the molecule is COc1cccc(NC2CCC(=O)NC2=O)c1. The van der Waals surface area contributed by atoms with Gasteiger partial charge < -0.3 is 10.1 Å². The molecule has 2 amide bonds. The van der Waals surface area contributed by atoms with Crippen molar-refractivity contribution < 1.29 is 14.3 Å². The summed E-state index contributed by atoms with van der Waals surface area (Å²) in [5.41, 5.74) is 0.804. The van der Waals surface area contributed by atoms with Crippen molar-refractivity contribution >= 4 is 17.5 Å². The third-order valence-electron chi connectivity index (χ3n) is 2.65. The van der Waals surface area contributed by atoms with Crippen LogP contribution in [-0.4, -0.2) is 25.0 Å². The lowest BCUT2D eigenvalue weighted by atomic mass is 10.1. The molecular weight excluding hydrogens is 220 g/mol. The van der Waals surface area contributed by atoms with Crippen molar-refractivity contribution in [1.29, 1.82) is 0 Å². The van der Waals surface area contributed by atoms with Crippen molar-refractivity contribution in [2.24, 2.45) is 0 Å². The van der Waals surface area contributed by atoms with Gasteiger partial charge in [-0.1, -0.05) is 6.07 Å². The summed E-state index contributed by atoms with van der Waals surface area (Å²) < 4.78 is 5.09. The zero-order valence-electron chi connectivity index (χ0n) is 9.53. The lowest BCUT2D eigenvalue weighted by Gasteiger charge is -2.22. The molecule has 0 radical (unpaired) electrons. The van der Waals surface area contributed by atoms with Gasteiger partial charge in [0.25, 0.3) is 0 Å². The van der Waals surface area contributed by atoms with Gasteiger partial charge in [-0.05, 0) is 18.6 Å². The second kappa shape index (κ2) is 4.86. The fraction of sp³-hybridized carbons (Fsp3) is 0.333. The van der Waals surface area contributed by atoms with E-state index in [-0.39, 0.29) is 17.9 Å². The van der Waals surface area contributed by atoms with Crippen LogP contribution in [0.1, 0.15) is 12.8 Å². The standard InChI is InChI=1S/C12H14N2O3/c1-17-9-4-2-3-8(7-9)13-10-5-6-11(15)14-12(10)16/h2-4,7,10,13H,5-6H2,1H3,(H,14,15,16). The molecule has 1 aromatic carbocycles. The molecule has 0 saturated carbocycles. The highest BCUT2D eigenvalue weighted by molar-refractivity contribution is 6.01. The number of amides is 2. The summed E-state index contributed by atoms with van der Waals surface area (Å²) in [6.45, 7) is 0. The number of methoxy groups -OCH3 is 1. The number of anilines is 1. The van der Waals surface area contributed by atoms with E-state index >= 15 is 0 Å². The number of ether oxygens (including phenoxy) is 1. The third-order valence-corrected chi connectivity index (χ3v) is 2.65. The summed E-state index contributed by atoms with van der Waals surface area (Å²) in [4.78, 5) is 22.5. The first-order valence-electron chi connectivity index (χ1n) is 5.43. The van der Waals surface area contributed by atoms with Gasteiger partial charge in [0.1, 0.15) is 11.8 Å². The smallest absolute Gasteiger partial charge is 0.249 e. The fourth-order valence-electron chi connectivity index (χ4n) is 1.75. The summed E-state index contributed by atoms with van der Waals surface area (Å²) in [5.74, 6) is 0.241. The Morgan fingerprint density at radius 2 is 2.24 bits per heavy atom. The normalized spacial score (nSPS) is 19.7. The Bertz CT molecular complexity index is 445. The number of imide groups is 1. The summed E-state index contributed by atoms with van der Waals surface area (Å²) in [7, 11) is 1.59. The Hall–Kier alpha value is -2.04. The second-order valence-corrected chi connectivity index (χ2v) is 3.88. The fourth-order valence-corrected chi connectivity index (χ4v) is 1.75. The number of carbonyl (C=O) groups excluding carboxylic acids is 2. The Morgan fingerprint density at radius 1 is 1.41 bits per heavy atom. The van der Waals surface area contributed by atoms with Crippen LogP contribution in [0.5, 0.6) is 5.75 Å². The Balaban J connectivity index is 2.05. The minimum atomic E-state index is -0.361. The number of carbonyl (C=O) groups is 2. The maximum absolute atomic E-state index is 11.5. The van der Waals surface area contributed by atoms with E-state index in [2.05, 4.69) is 10.6 Å². The number of hydrogen-bond acceptors (Lipinski definition) is 4. The maximum atomic E-state index is 11.5. The number of rotatable bonds is 3. The van der Waals surface area contributed by atoms with Crippen molar-refractivity contribution in [2.45, 2.75) is 18.9 Å². The molecule has 90 valence electrons. The van der Waals surface area contributed by atoms with Crippen LogP contribution >= 0.6 is 0 Å². The molecule has 2 rings (SSSR count). The molecule has 1 atom stereocenters. The molecule has 1 unspecified atom stereocenters. The van der Waals surface area contributed by atoms with E-state index < -0.39 is 0 Å². The van der Waals surface area contributed by atoms with Crippen LogP contribution in [0, 0.1) is 0 Å². The maximum Gasteiger partial charge on any atom is 0.249 e. The largest absolute Gasteiger partial charge is 0.497 e. The average molecular weight is 234 g/mol. The van der Waals surface area contributed by atoms with Crippen LogP contribution in [0.4, 0.5) is 5.69 Å². The van der Waals surface area contributed by atoms with E-state index in [0.717, 1.165) is 11.4 Å². The molecule has 0 bridgehead atoms. The van der Waals surface area contributed by atoms with Crippen LogP contribution in [-0.2, 0) is 9.59 Å². The van der Waals surface area contributed by atoms with Crippen molar-refractivity contribution in [3.8, 4) is 5.75 Å². The number of nitrogens with one attached hydrogen (secondary N) is 2. The van der Waals surface area contributed by atoms with Gasteiger partial charge >= 0.3 is 0 Å². The topological polar surface area (TPSA) is 67.4 Å². The number of piperidine rings is 1. The summed E-state index contributed by atoms with van der Waals surface area (Å²) in [5, 5.41) is 5.39. The highest BCUT2D eigenvalue weighted by atomic mass is 16.5. The molecule has 1 aliphatic rings. The zero-order chi connectivity index (χ0) is 12.3. The Morgan fingerprint density at radius 3 is 2.94 bits per heavy atom. The second-order valence-electron chi connectivity index (χ2n) is 3.88. The van der Waals surface area contributed by atoms with Crippen LogP contribution in [0.2, 0.25) is 0 Å². The van der Waals surface area contributed by atoms with Gasteiger partial charge in [0.05, 0.1) is 7.11 Å².